The summed E-state index contributed by atoms with van der Waals surface area (Å²) in [5.74, 6) is 0.413. The van der Waals surface area contributed by atoms with Crippen molar-refractivity contribution in [2.24, 2.45) is 5.92 Å². The number of esters is 1. The average Bonchev–Trinajstić information content (AvgIpc) is 3.20. The third kappa shape index (κ3) is 8.32. The minimum Gasteiger partial charge on any atom is -0.506 e. The number of aliphatic hydroxyl groups is 1. The van der Waals surface area contributed by atoms with Crippen LogP contribution in [-0.4, -0.2) is 70.9 Å². The van der Waals surface area contributed by atoms with Gasteiger partial charge in [-0.15, -0.1) is 0 Å². The Kier molecular flexibility index (Phi) is 12.1. The van der Waals surface area contributed by atoms with E-state index in [1.807, 2.05) is 6.07 Å². The summed E-state index contributed by atoms with van der Waals surface area (Å²) in [5.41, 5.74) is 2.81. The molecule has 5 N–H and O–H groups in total. The monoisotopic (exact) mass is 784 g/mol. The molecule has 3 aromatic carbocycles. The molecule has 2 unspecified atom stereocenters. The molecule has 12 heteroatoms. The summed E-state index contributed by atoms with van der Waals surface area (Å²) in [5, 5.41) is 28.2. The van der Waals surface area contributed by atoms with Crippen molar-refractivity contribution in [1.29, 1.82) is 0 Å². The number of aromatic hydroxyl groups is 1. The number of benzene rings is 3. The van der Waals surface area contributed by atoms with Gasteiger partial charge in [-0.3, -0.25) is 14.4 Å². The van der Waals surface area contributed by atoms with E-state index in [9.17, 15) is 24.6 Å². The Hall–Kier alpha value is -4.42. The Balaban J connectivity index is 0.946. The fourth-order valence-corrected chi connectivity index (χ4v) is 9.36. The first-order chi connectivity index (χ1) is 27.0. The summed E-state index contributed by atoms with van der Waals surface area (Å²) in [7, 11) is 1.54. The molecule has 0 spiro atoms. The van der Waals surface area contributed by atoms with Crippen molar-refractivity contribution in [3.8, 4) is 11.5 Å². The van der Waals surface area contributed by atoms with Gasteiger partial charge in [0.15, 0.2) is 0 Å². The molecule has 3 aliphatic heterocycles. The lowest BCUT2D eigenvalue weighted by Crippen LogP contribution is -2.57. The maximum Gasteiger partial charge on any atom is 0.317 e. The zero-order valence-corrected chi connectivity index (χ0v) is 33.1. The molecule has 4 heterocycles. The zero-order chi connectivity index (χ0) is 39.5. The highest BCUT2D eigenvalue weighted by atomic mass is 35.5. The number of halogens is 1. The van der Waals surface area contributed by atoms with E-state index in [-0.39, 0.29) is 53.2 Å². The number of nitrogens with zero attached hydrogens (tertiary/aromatic N) is 1. The number of piperidine rings is 3. The number of pyridine rings is 1. The van der Waals surface area contributed by atoms with Crippen molar-refractivity contribution >= 4 is 40.1 Å². The number of nitrogens with one attached hydrogen (secondary N) is 3. The maximum atomic E-state index is 14.3. The van der Waals surface area contributed by atoms with Gasteiger partial charge in [0.05, 0.1) is 34.9 Å². The number of carbonyl (C=O) groups is 2. The molecular formula is C44H53ClN4O7. The third-order valence-electron chi connectivity index (χ3n) is 12.5. The number of carbonyl (C=O) groups excluding carboxylic acids is 2. The van der Waals surface area contributed by atoms with E-state index in [2.05, 4.69) is 45.6 Å². The number of phenolic OH excluding ortho intramolecular Hbond substituents is 1. The number of amides is 1. The minimum absolute atomic E-state index is 0.0503. The van der Waals surface area contributed by atoms with Crippen LogP contribution >= 0.6 is 11.6 Å². The molecule has 3 atom stereocenters. The number of hydrogen-bond acceptors (Lipinski definition) is 9. The molecule has 1 saturated carbocycles. The van der Waals surface area contributed by atoms with Crippen LogP contribution in [0.5, 0.6) is 11.5 Å². The van der Waals surface area contributed by atoms with Crippen LogP contribution in [0.1, 0.15) is 93.1 Å². The number of anilines is 1. The molecule has 4 aromatic rings. The SMILES string of the molecule is COc1cc(NC(=O)CCCc2cccc(C3(C(=O)OC45CCN(CC4)CC5)CCCCC3C)c2)c(Cl)cc1CNC[C@H](O)c1ccc(O)c2[nH]c(=O)ccc12. The topological polar surface area (TPSA) is 153 Å². The molecule has 1 amide bonds. The highest BCUT2D eigenvalue weighted by molar-refractivity contribution is 6.33. The van der Waals surface area contributed by atoms with Crippen molar-refractivity contribution in [1.82, 2.24) is 15.2 Å². The lowest BCUT2D eigenvalue weighted by atomic mass is 9.62. The first-order valence-electron chi connectivity index (χ1n) is 20.0. The summed E-state index contributed by atoms with van der Waals surface area (Å²) in [4.78, 5) is 44.3. The van der Waals surface area contributed by atoms with Crippen LogP contribution in [0.3, 0.4) is 0 Å². The van der Waals surface area contributed by atoms with Crippen LogP contribution in [0.2, 0.25) is 5.02 Å². The number of rotatable bonds is 14. The molecule has 8 rings (SSSR count). The molecule has 1 aliphatic carbocycles. The number of methoxy groups -OCH3 is 1. The van der Waals surface area contributed by atoms with E-state index in [0.29, 0.717) is 46.8 Å². The van der Waals surface area contributed by atoms with Crippen LogP contribution in [0.4, 0.5) is 5.69 Å². The number of phenols is 1. The van der Waals surface area contributed by atoms with Crippen molar-refractivity contribution in [2.45, 2.75) is 94.8 Å². The number of hydrogen-bond donors (Lipinski definition) is 5. The fourth-order valence-electron chi connectivity index (χ4n) is 9.13. The van der Waals surface area contributed by atoms with Gasteiger partial charge < -0.3 is 40.2 Å². The van der Waals surface area contributed by atoms with Gasteiger partial charge >= 0.3 is 5.97 Å². The lowest BCUT2D eigenvalue weighted by molar-refractivity contribution is -0.183. The summed E-state index contributed by atoms with van der Waals surface area (Å²) < 4.78 is 12.2. The smallest absolute Gasteiger partial charge is 0.317 e. The minimum atomic E-state index is -0.931. The largest absolute Gasteiger partial charge is 0.506 e. The van der Waals surface area contributed by atoms with Gasteiger partial charge in [-0.05, 0) is 66.5 Å². The molecule has 1 aromatic heterocycles. The second-order valence-corrected chi connectivity index (χ2v) is 16.4. The standard InChI is InChI=1S/C44H53ClN4O7/c1-28-7-3-4-16-44(28,42(54)56-43-17-20-49(21-18-43)22-19-43)31-10-5-8-29(23-31)9-6-11-39(52)47-35-25-38(55-2)30(24-34(35)45)26-46-27-37(51)32-12-14-36(50)41-33(32)13-15-40(53)48-41/h5,8,10,12-15,23-25,28,37,46,50-51H,3-4,6-7,9,11,16-22,26-27H2,1-2H3,(H,47,52)(H,48,53)/t28?,37-,44?/m0/s1. The van der Waals surface area contributed by atoms with Crippen molar-refractivity contribution < 1.29 is 29.3 Å². The number of H-pyrrole nitrogens is 1. The molecule has 56 heavy (non-hydrogen) atoms. The highest BCUT2D eigenvalue weighted by Gasteiger charge is 2.52. The summed E-state index contributed by atoms with van der Waals surface area (Å²) >= 11 is 6.65. The van der Waals surface area contributed by atoms with Gasteiger partial charge in [-0.2, -0.15) is 0 Å². The van der Waals surface area contributed by atoms with E-state index >= 15 is 0 Å². The first kappa shape index (κ1) is 39.8. The Morgan fingerprint density at radius 1 is 1.04 bits per heavy atom. The third-order valence-corrected chi connectivity index (χ3v) is 12.8. The fraction of sp³-hybridized carbons (Fsp3) is 0.477. The molecule has 3 saturated heterocycles. The van der Waals surface area contributed by atoms with Crippen LogP contribution in [-0.2, 0) is 32.7 Å². The number of aromatic amines is 1. The van der Waals surface area contributed by atoms with Crippen LogP contribution in [0.15, 0.2) is 65.5 Å². The number of ether oxygens (including phenoxy) is 2. The molecule has 11 nitrogen and oxygen atoms in total. The molecule has 298 valence electrons. The average molecular weight is 785 g/mol. The first-order valence-corrected chi connectivity index (χ1v) is 20.3. The summed E-state index contributed by atoms with van der Waals surface area (Å²) in [6.45, 7) is 5.70. The van der Waals surface area contributed by atoms with Crippen molar-refractivity contribution in [3.05, 3.63) is 98.3 Å². The van der Waals surface area contributed by atoms with Crippen LogP contribution in [0.25, 0.3) is 10.9 Å². The Labute approximate surface area is 332 Å². The van der Waals surface area contributed by atoms with Crippen LogP contribution in [0, 0.1) is 5.92 Å². The number of aliphatic hydroxyl groups excluding tert-OH is 1. The summed E-state index contributed by atoms with van der Waals surface area (Å²) in [6.07, 6.45) is 7.33. The Morgan fingerprint density at radius 2 is 1.82 bits per heavy atom. The number of aromatic nitrogens is 1. The van der Waals surface area contributed by atoms with Crippen molar-refractivity contribution in [2.75, 3.05) is 38.6 Å². The predicted octanol–water partition coefficient (Wildman–Crippen LogP) is 6.91. The highest BCUT2D eigenvalue weighted by Crippen LogP contribution is 2.47. The maximum absolute atomic E-state index is 14.3. The van der Waals surface area contributed by atoms with Gasteiger partial charge in [-0.25, -0.2) is 0 Å². The van der Waals surface area contributed by atoms with E-state index in [1.165, 1.54) is 12.1 Å². The zero-order valence-electron chi connectivity index (χ0n) is 32.3. The quantitative estimate of drug-likeness (QED) is 0.0859. The van der Waals surface area contributed by atoms with Crippen molar-refractivity contribution in [3.63, 3.8) is 0 Å². The van der Waals surface area contributed by atoms with E-state index in [0.717, 1.165) is 81.3 Å². The number of fused-ring (bicyclic) bond motifs is 4. The normalized spacial score (nSPS) is 23.8. The Bertz CT molecular complexity index is 2120. The van der Waals surface area contributed by atoms with E-state index < -0.39 is 11.5 Å². The Morgan fingerprint density at radius 3 is 2.57 bits per heavy atom. The summed E-state index contributed by atoms with van der Waals surface area (Å²) in [6, 6.07) is 17.8. The molecule has 2 bridgehead atoms. The van der Waals surface area contributed by atoms with E-state index in [4.69, 9.17) is 21.1 Å². The van der Waals surface area contributed by atoms with Gasteiger partial charge in [0.1, 0.15) is 17.1 Å². The second-order valence-electron chi connectivity index (χ2n) is 16.0. The molecule has 4 fully saturated rings. The van der Waals surface area contributed by atoms with E-state index in [1.54, 1.807) is 31.4 Å². The number of aryl methyl sites for hydroxylation is 1. The van der Waals surface area contributed by atoms with Gasteiger partial charge in [0.2, 0.25) is 11.5 Å². The lowest BCUT2D eigenvalue weighted by Gasteiger charge is -2.50. The molecule has 0 radical (unpaired) electrons. The second kappa shape index (κ2) is 17.0. The van der Waals surface area contributed by atoms with Gasteiger partial charge in [0, 0.05) is 81.5 Å². The molecule has 4 aliphatic rings. The van der Waals surface area contributed by atoms with Gasteiger partial charge in [0.25, 0.3) is 0 Å². The van der Waals surface area contributed by atoms with Gasteiger partial charge in [-0.1, -0.05) is 61.7 Å². The predicted molar refractivity (Wildman–Crippen MR) is 217 cm³/mol. The molecular weight excluding hydrogens is 732 g/mol. The van der Waals surface area contributed by atoms with Crippen LogP contribution < -0.4 is 20.9 Å².